The van der Waals surface area contributed by atoms with Crippen LogP contribution in [0.25, 0.3) is 0 Å². The van der Waals surface area contributed by atoms with Crippen LogP contribution in [-0.2, 0) is 11.3 Å². The van der Waals surface area contributed by atoms with E-state index in [4.69, 9.17) is 10.5 Å². The van der Waals surface area contributed by atoms with Gasteiger partial charge in [0.05, 0.1) is 24.4 Å². The van der Waals surface area contributed by atoms with E-state index in [0.29, 0.717) is 12.6 Å². The minimum Gasteiger partial charge on any atom is -0.375 e. The van der Waals surface area contributed by atoms with E-state index >= 15 is 0 Å². The second-order valence-electron chi connectivity index (χ2n) is 4.20. The molecule has 1 aromatic heterocycles. The summed E-state index contributed by atoms with van der Waals surface area (Å²) in [6.07, 6.45) is 1.98. The van der Waals surface area contributed by atoms with Gasteiger partial charge >= 0.3 is 0 Å². The van der Waals surface area contributed by atoms with E-state index in [-0.39, 0.29) is 6.10 Å². The number of hydrogen-bond acceptors (Lipinski definition) is 5. The van der Waals surface area contributed by atoms with Crippen LogP contribution in [0.5, 0.6) is 0 Å². The Kier molecular flexibility index (Phi) is 3.36. The number of hydrogen-bond donors (Lipinski definition) is 1. The van der Waals surface area contributed by atoms with Gasteiger partial charge in [0.15, 0.2) is 0 Å². The van der Waals surface area contributed by atoms with Crippen LogP contribution in [0.15, 0.2) is 12.3 Å². The standard InChI is InChI=1S/C11H18N4O/c1-8-7-16-9(2)6-15(8)11-13-4-3-10(5-12)14-11/h3-4,8-9H,5-7,12H2,1-2H3. The van der Waals surface area contributed by atoms with E-state index in [1.807, 2.05) is 6.07 Å². The predicted molar refractivity (Wildman–Crippen MR) is 62.1 cm³/mol. The second-order valence-corrected chi connectivity index (χ2v) is 4.20. The SMILES string of the molecule is CC1CN(c2nccc(CN)n2)C(C)CO1. The Labute approximate surface area is 95.6 Å². The van der Waals surface area contributed by atoms with Crippen LogP contribution in [0.1, 0.15) is 19.5 Å². The Balaban J connectivity index is 2.20. The van der Waals surface area contributed by atoms with Crippen LogP contribution in [0.3, 0.4) is 0 Å². The molecule has 2 atom stereocenters. The van der Waals surface area contributed by atoms with Gasteiger partial charge in [0.25, 0.3) is 0 Å². The highest BCUT2D eigenvalue weighted by Crippen LogP contribution is 2.17. The number of morpholine rings is 1. The summed E-state index contributed by atoms with van der Waals surface area (Å²) >= 11 is 0. The van der Waals surface area contributed by atoms with Crippen molar-refractivity contribution in [2.24, 2.45) is 5.73 Å². The lowest BCUT2D eigenvalue weighted by atomic mass is 10.2. The monoisotopic (exact) mass is 222 g/mol. The molecule has 1 aliphatic heterocycles. The topological polar surface area (TPSA) is 64.3 Å². The summed E-state index contributed by atoms with van der Waals surface area (Å²) in [5.41, 5.74) is 6.45. The summed E-state index contributed by atoms with van der Waals surface area (Å²) in [4.78, 5) is 10.9. The van der Waals surface area contributed by atoms with Gasteiger partial charge in [-0.15, -0.1) is 0 Å². The predicted octanol–water partition coefficient (Wildman–Crippen LogP) is 0.549. The van der Waals surface area contributed by atoms with E-state index in [1.165, 1.54) is 0 Å². The van der Waals surface area contributed by atoms with Gasteiger partial charge in [-0.3, -0.25) is 0 Å². The van der Waals surface area contributed by atoms with Crippen molar-refractivity contribution in [2.45, 2.75) is 32.5 Å². The second kappa shape index (κ2) is 4.76. The number of nitrogens with two attached hydrogens (primary N) is 1. The van der Waals surface area contributed by atoms with Gasteiger partial charge in [0.1, 0.15) is 0 Å². The molecule has 1 fully saturated rings. The number of nitrogens with zero attached hydrogens (tertiary/aromatic N) is 3. The Morgan fingerprint density at radius 2 is 2.38 bits per heavy atom. The summed E-state index contributed by atoms with van der Waals surface area (Å²) in [5, 5.41) is 0. The summed E-state index contributed by atoms with van der Waals surface area (Å²) in [6, 6.07) is 2.15. The first kappa shape index (κ1) is 11.3. The molecule has 0 spiro atoms. The quantitative estimate of drug-likeness (QED) is 0.791. The van der Waals surface area contributed by atoms with Crippen molar-refractivity contribution < 1.29 is 4.74 Å². The first-order valence-corrected chi connectivity index (χ1v) is 5.61. The van der Waals surface area contributed by atoms with Crippen molar-refractivity contribution >= 4 is 5.95 Å². The maximum Gasteiger partial charge on any atom is 0.225 e. The Morgan fingerprint density at radius 1 is 1.56 bits per heavy atom. The third-order valence-electron chi connectivity index (χ3n) is 2.77. The molecule has 5 heteroatoms. The van der Waals surface area contributed by atoms with E-state index in [2.05, 4.69) is 28.7 Å². The van der Waals surface area contributed by atoms with Crippen molar-refractivity contribution in [2.75, 3.05) is 18.1 Å². The number of rotatable bonds is 2. The normalized spacial score (nSPS) is 25.8. The zero-order valence-corrected chi connectivity index (χ0v) is 9.76. The molecule has 5 nitrogen and oxygen atoms in total. The summed E-state index contributed by atoms with van der Waals surface area (Å²) in [7, 11) is 0. The maximum atomic E-state index is 5.58. The van der Waals surface area contributed by atoms with E-state index in [9.17, 15) is 0 Å². The molecule has 1 aliphatic rings. The third-order valence-corrected chi connectivity index (χ3v) is 2.77. The molecule has 88 valence electrons. The minimum atomic E-state index is 0.223. The number of ether oxygens (including phenoxy) is 1. The summed E-state index contributed by atoms with van der Waals surface area (Å²) in [6.45, 7) is 6.17. The molecule has 0 saturated carbocycles. The molecular weight excluding hydrogens is 204 g/mol. The molecule has 1 aromatic rings. The van der Waals surface area contributed by atoms with Crippen molar-refractivity contribution in [1.29, 1.82) is 0 Å². The highest BCUT2D eigenvalue weighted by Gasteiger charge is 2.25. The average Bonchev–Trinajstić information content (AvgIpc) is 2.32. The molecule has 0 radical (unpaired) electrons. The lowest BCUT2D eigenvalue weighted by Crippen LogP contribution is -2.48. The minimum absolute atomic E-state index is 0.223. The van der Waals surface area contributed by atoms with E-state index < -0.39 is 0 Å². The van der Waals surface area contributed by atoms with Crippen molar-refractivity contribution in [3.63, 3.8) is 0 Å². The largest absolute Gasteiger partial charge is 0.375 e. The van der Waals surface area contributed by atoms with Gasteiger partial charge in [-0.2, -0.15) is 0 Å². The van der Waals surface area contributed by atoms with Gasteiger partial charge in [0, 0.05) is 19.3 Å². The molecule has 2 N–H and O–H groups in total. The highest BCUT2D eigenvalue weighted by atomic mass is 16.5. The molecule has 2 rings (SSSR count). The van der Waals surface area contributed by atoms with Gasteiger partial charge in [0.2, 0.25) is 5.95 Å². The zero-order chi connectivity index (χ0) is 11.5. The average molecular weight is 222 g/mol. The fourth-order valence-corrected chi connectivity index (χ4v) is 1.82. The summed E-state index contributed by atoms with van der Waals surface area (Å²) < 4.78 is 5.58. The molecule has 0 aliphatic carbocycles. The van der Waals surface area contributed by atoms with Gasteiger partial charge < -0.3 is 15.4 Å². The van der Waals surface area contributed by atoms with Crippen LogP contribution >= 0.6 is 0 Å². The Morgan fingerprint density at radius 3 is 3.12 bits per heavy atom. The lowest BCUT2D eigenvalue weighted by Gasteiger charge is -2.36. The zero-order valence-electron chi connectivity index (χ0n) is 9.76. The molecule has 1 saturated heterocycles. The molecule has 0 amide bonds. The molecule has 0 aromatic carbocycles. The van der Waals surface area contributed by atoms with Crippen LogP contribution in [0, 0.1) is 0 Å². The maximum absolute atomic E-state index is 5.58. The first-order valence-electron chi connectivity index (χ1n) is 5.61. The van der Waals surface area contributed by atoms with Crippen molar-refractivity contribution in [1.82, 2.24) is 9.97 Å². The lowest BCUT2D eigenvalue weighted by molar-refractivity contribution is 0.0337. The highest BCUT2D eigenvalue weighted by molar-refractivity contribution is 5.32. The van der Waals surface area contributed by atoms with E-state index in [0.717, 1.165) is 24.8 Å². The smallest absolute Gasteiger partial charge is 0.225 e. The van der Waals surface area contributed by atoms with E-state index in [1.54, 1.807) is 6.20 Å². The van der Waals surface area contributed by atoms with Crippen LogP contribution in [-0.4, -0.2) is 35.3 Å². The van der Waals surface area contributed by atoms with Crippen LogP contribution in [0.2, 0.25) is 0 Å². The molecule has 0 bridgehead atoms. The van der Waals surface area contributed by atoms with Crippen LogP contribution in [0.4, 0.5) is 5.95 Å². The third kappa shape index (κ3) is 2.31. The van der Waals surface area contributed by atoms with Gasteiger partial charge in [-0.05, 0) is 19.9 Å². The summed E-state index contributed by atoms with van der Waals surface area (Å²) in [5.74, 6) is 0.755. The molecule has 2 unspecified atom stereocenters. The fourth-order valence-electron chi connectivity index (χ4n) is 1.82. The molecule has 2 heterocycles. The van der Waals surface area contributed by atoms with Crippen molar-refractivity contribution in [3.8, 4) is 0 Å². The number of anilines is 1. The van der Waals surface area contributed by atoms with Gasteiger partial charge in [-0.25, -0.2) is 9.97 Å². The number of aromatic nitrogens is 2. The van der Waals surface area contributed by atoms with Crippen LogP contribution < -0.4 is 10.6 Å². The molecule has 16 heavy (non-hydrogen) atoms. The van der Waals surface area contributed by atoms with Crippen molar-refractivity contribution in [3.05, 3.63) is 18.0 Å². The Bertz CT molecular complexity index is 358. The van der Waals surface area contributed by atoms with Gasteiger partial charge in [-0.1, -0.05) is 0 Å². The Hall–Kier alpha value is -1.20. The first-order chi connectivity index (χ1) is 7.70. The molecular formula is C11H18N4O. The fraction of sp³-hybridized carbons (Fsp3) is 0.636.